The van der Waals surface area contributed by atoms with Gasteiger partial charge >= 0.3 is 0 Å². The molecule has 2 aromatic heterocycles. The average molecular weight is 318 g/mol. The van der Waals surface area contributed by atoms with Gasteiger partial charge < -0.3 is 15.2 Å². The van der Waals surface area contributed by atoms with Crippen molar-refractivity contribution in [1.82, 2.24) is 25.6 Å². The predicted octanol–water partition coefficient (Wildman–Crippen LogP) is 1.68. The fourth-order valence-corrected chi connectivity index (χ4v) is 2.36. The molecule has 126 valence electrons. The number of aryl methyl sites for hydroxylation is 3. The normalized spacial score (nSPS) is 11.7. The third-order valence-corrected chi connectivity index (χ3v) is 3.57. The molecule has 0 saturated heterocycles. The number of aromatic nitrogens is 3. The summed E-state index contributed by atoms with van der Waals surface area (Å²) in [7, 11) is 0. The first-order chi connectivity index (χ1) is 11.2. The molecule has 0 aliphatic rings. The van der Waals surface area contributed by atoms with Crippen LogP contribution in [-0.4, -0.2) is 40.5 Å². The van der Waals surface area contributed by atoms with Crippen molar-refractivity contribution in [3.8, 4) is 0 Å². The van der Waals surface area contributed by atoms with Crippen LogP contribution in [0.3, 0.4) is 0 Å². The highest BCUT2D eigenvalue weighted by Crippen LogP contribution is 2.11. The van der Waals surface area contributed by atoms with Crippen LogP contribution in [0.4, 0.5) is 0 Å². The van der Waals surface area contributed by atoms with Crippen LogP contribution in [0.2, 0.25) is 0 Å². The Morgan fingerprint density at radius 2 is 2.22 bits per heavy atom. The zero-order valence-corrected chi connectivity index (χ0v) is 14.2. The Kier molecular flexibility index (Phi) is 6.65. The molecule has 0 fully saturated rings. The molecule has 0 aliphatic heterocycles. The number of hydrogen-bond acceptors (Lipinski definition) is 4. The Labute approximate surface area is 137 Å². The lowest BCUT2D eigenvalue weighted by atomic mass is 10.1. The van der Waals surface area contributed by atoms with E-state index in [1.54, 1.807) is 6.20 Å². The van der Waals surface area contributed by atoms with E-state index in [2.05, 4.69) is 32.8 Å². The molecule has 0 aliphatic carbocycles. The Bertz CT molecular complexity index is 583. The molecule has 0 radical (unpaired) electrons. The largest absolute Gasteiger partial charge is 0.361 e. The highest BCUT2D eigenvalue weighted by Gasteiger charge is 2.08. The third-order valence-electron chi connectivity index (χ3n) is 3.57. The summed E-state index contributed by atoms with van der Waals surface area (Å²) in [5.74, 6) is 1.74. The van der Waals surface area contributed by atoms with Gasteiger partial charge in [-0.3, -0.25) is 9.67 Å². The quantitative estimate of drug-likeness (QED) is 0.440. The van der Waals surface area contributed by atoms with E-state index in [0.29, 0.717) is 0 Å². The summed E-state index contributed by atoms with van der Waals surface area (Å²) in [6.45, 7) is 9.28. The first-order valence-corrected chi connectivity index (χ1v) is 8.12. The second-order valence-corrected chi connectivity index (χ2v) is 5.36. The molecule has 2 aromatic rings. The number of hydrogen-bond donors (Lipinski definition) is 2. The number of nitrogens with one attached hydrogen (secondary N) is 2. The first-order valence-electron chi connectivity index (χ1n) is 8.12. The predicted molar refractivity (Wildman–Crippen MR) is 90.5 cm³/mol. The van der Waals surface area contributed by atoms with E-state index in [4.69, 9.17) is 4.52 Å². The molecular formula is C16H26N6O. The van der Waals surface area contributed by atoms with Gasteiger partial charge in [-0.25, -0.2) is 0 Å². The number of rotatable bonds is 8. The topological polar surface area (TPSA) is 80.3 Å². The van der Waals surface area contributed by atoms with E-state index in [0.717, 1.165) is 56.4 Å². The molecule has 7 nitrogen and oxygen atoms in total. The summed E-state index contributed by atoms with van der Waals surface area (Å²) >= 11 is 0. The average Bonchev–Trinajstić information content (AvgIpc) is 3.16. The maximum Gasteiger partial charge on any atom is 0.191 e. The molecule has 2 N–H and O–H groups in total. The lowest BCUT2D eigenvalue weighted by molar-refractivity contribution is 0.392. The SMILES string of the molecule is CCNC(=NCCCn1cccn1)NCCc1c(C)noc1C. The van der Waals surface area contributed by atoms with Gasteiger partial charge in [0.1, 0.15) is 5.76 Å². The van der Waals surface area contributed by atoms with E-state index >= 15 is 0 Å². The van der Waals surface area contributed by atoms with Crippen LogP contribution in [0.25, 0.3) is 0 Å². The third kappa shape index (κ3) is 5.43. The molecule has 2 heterocycles. The van der Waals surface area contributed by atoms with Crippen LogP contribution in [0.1, 0.15) is 30.4 Å². The second-order valence-electron chi connectivity index (χ2n) is 5.36. The van der Waals surface area contributed by atoms with E-state index in [-0.39, 0.29) is 0 Å². The van der Waals surface area contributed by atoms with Crippen molar-refractivity contribution in [2.45, 2.75) is 40.2 Å². The van der Waals surface area contributed by atoms with Crippen molar-refractivity contribution >= 4 is 5.96 Å². The molecule has 0 atom stereocenters. The van der Waals surface area contributed by atoms with Gasteiger partial charge in [0, 0.05) is 44.1 Å². The van der Waals surface area contributed by atoms with Crippen molar-refractivity contribution in [1.29, 1.82) is 0 Å². The van der Waals surface area contributed by atoms with Crippen molar-refractivity contribution in [3.63, 3.8) is 0 Å². The van der Waals surface area contributed by atoms with Gasteiger partial charge in [0.2, 0.25) is 0 Å². The highest BCUT2D eigenvalue weighted by molar-refractivity contribution is 5.79. The first kappa shape index (κ1) is 17.1. The maximum atomic E-state index is 5.18. The summed E-state index contributed by atoms with van der Waals surface area (Å²) in [4.78, 5) is 4.59. The molecule has 0 amide bonds. The van der Waals surface area contributed by atoms with Crippen LogP contribution in [-0.2, 0) is 13.0 Å². The molecule has 0 unspecified atom stereocenters. The minimum absolute atomic E-state index is 0.764. The van der Waals surface area contributed by atoms with Gasteiger partial charge in [0.05, 0.1) is 5.69 Å². The fourth-order valence-electron chi connectivity index (χ4n) is 2.36. The van der Waals surface area contributed by atoms with Gasteiger partial charge in [-0.15, -0.1) is 0 Å². The Morgan fingerprint density at radius 3 is 2.87 bits per heavy atom. The fraction of sp³-hybridized carbons (Fsp3) is 0.562. The Balaban J connectivity index is 1.75. The van der Waals surface area contributed by atoms with E-state index in [9.17, 15) is 0 Å². The summed E-state index contributed by atoms with van der Waals surface area (Å²) < 4.78 is 7.11. The monoisotopic (exact) mass is 318 g/mol. The van der Waals surface area contributed by atoms with Gasteiger partial charge in [-0.1, -0.05) is 5.16 Å². The summed E-state index contributed by atoms with van der Waals surface area (Å²) in [5.41, 5.74) is 2.14. The molecule has 0 aromatic carbocycles. The highest BCUT2D eigenvalue weighted by atomic mass is 16.5. The van der Waals surface area contributed by atoms with Crippen LogP contribution in [0, 0.1) is 13.8 Å². The van der Waals surface area contributed by atoms with Crippen LogP contribution < -0.4 is 10.6 Å². The molecule has 0 saturated carbocycles. The molecule has 23 heavy (non-hydrogen) atoms. The van der Waals surface area contributed by atoms with Gasteiger partial charge in [0.15, 0.2) is 5.96 Å². The molecule has 0 spiro atoms. The van der Waals surface area contributed by atoms with Crippen molar-refractivity contribution in [2.24, 2.45) is 4.99 Å². The minimum atomic E-state index is 0.764. The standard InChI is InChI=1S/C16H26N6O/c1-4-17-16(18-8-5-11-22-12-6-9-20-22)19-10-7-15-13(2)21-23-14(15)3/h6,9,12H,4-5,7-8,10-11H2,1-3H3,(H2,17,18,19). The van der Waals surface area contributed by atoms with Gasteiger partial charge in [-0.2, -0.15) is 5.10 Å². The van der Waals surface area contributed by atoms with Crippen LogP contribution >= 0.6 is 0 Å². The van der Waals surface area contributed by atoms with Gasteiger partial charge in [-0.05, 0) is 39.7 Å². The van der Waals surface area contributed by atoms with E-state index in [1.165, 1.54) is 5.56 Å². The lowest BCUT2D eigenvalue weighted by Gasteiger charge is -2.11. The minimum Gasteiger partial charge on any atom is -0.361 e. The summed E-state index contributed by atoms with van der Waals surface area (Å²) in [6, 6.07) is 1.93. The zero-order valence-electron chi connectivity index (χ0n) is 14.2. The Hall–Kier alpha value is -2.31. The number of guanidine groups is 1. The number of aliphatic imine (C=N–C) groups is 1. The van der Waals surface area contributed by atoms with Crippen LogP contribution in [0.15, 0.2) is 28.0 Å². The lowest BCUT2D eigenvalue weighted by Crippen LogP contribution is -2.38. The van der Waals surface area contributed by atoms with E-state index < -0.39 is 0 Å². The van der Waals surface area contributed by atoms with Crippen molar-refractivity contribution in [3.05, 3.63) is 35.5 Å². The molecule has 0 bridgehead atoms. The van der Waals surface area contributed by atoms with Gasteiger partial charge in [0.25, 0.3) is 0 Å². The number of nitrogens with zero attached hydrogens (tertiary/aromatic N) is 4. The zero-order chi connectivity index (χ0) is 16.5. The Morgan fingerprint density at radius 1 is 1.35 bits per heavy atom. The summed E-state index contributed by atoms with van der Waals surface area (Å²) in [5, 5.41) is 14.8. The van der Waals surface area contributed by atoms with E-state index in [1.807, 2.05) is 30.8 Å². The molecule has 7 heteroatoms. The van der Waals surface area contributed by atoms with Crippen LogP contribution in [0.5, 0.6) is 0 Å². The second kappa shape index (κ2) is 8.97. The van der Waals surface area contributed by atoms with Crippen molar-refractivity contribution in [2.75, 3.05) is 19.6 Å². The smallest absolute Gasteiger partial charge is 0.191 e. The van der Waals surface area contributed by atoms with Crippen molar-refractivity contribution < 1.29 is 4.52 Å². The molecular weight excluding hydrogens is 292 g/mol. The summed E-state index contributed by atoms with van der Waals surface area (Å²) in [6.07, 6.45) is 5.60. The molecule has 2 rings (SSSR count). The maximum absolute atomic E-state index is 5.18.